The van der Waals surface area contributed by atoms with Crippen molar-refractivity contribution in [2.45, 2.75) is 17.3 Å². The number of aromatic nitrogens is 2. The second-order valence-corrected chi connectivity index (χ2v) is 7.75. The molecule has 1 amide bonds. The van der Waals surface area contributed by atoms with E-state index < -0.39 is 0 Å². The molecule has 0 aliphatic rings. The van der Waals surface area contributed by atoms with Crippen molar-refractivity contribution >= 4 is 69.2 Å². The number of carbonyl (C=O) groups excluding carboxylic acids is 1. The highest BCUT2D eigenvalue weighted by atomic mass is 35.5. The van der Waals surface area contributed by atoms with Crippen molar-refractivity contribution in [2.24, 2.45) is 0 Å². The number of fused-ring (bicyclic) bond motifs is 1. The normalized spacial score (nSPS) is 12.3. The topological polar surface area (TPSA) is 57.8 Å². The van der Waals surface area contributed by atoms with Gasteiger partial charge < -0.3 is 10.3 Å². The molecule has 3 rings (SSSR count). The molecule has 0 fully saturated rings. The van der Waals surface area contributed by atoms with Crippen LogP contribution >= 0.6 is 46.6 Å². The van der Waals surface area contributed by atoms with Crippen molar-refractivity contribution in [2.75, 3.05) is 5.32 Å². The molecule has 0 aliphatic heterocycles. The number of rotatable bonds is 4. The van der Waals surface area contributed by atoms with Crippen LogP contribution in [-0.4, -0.2) is 21.1 Å². The molecule has 0 saturated heterocycles. The summed E-state index contributed by atoms with van der Waals surface area (Å²) in [6, 6.07) is 10.3. The number of carbonyl (C=O) groups is 1. The summed E-state index contributed by atoms with van der Waals surface area (Å²) in [4.78, 5) is 19.9. The van der Waals surface area contributed by atoms with E-state index in [-0.39, 0.29) is 11.2 Å². The Bertz CT molecular complexity index is 892. The van der Waals surface area contributed by atoms with Gasteiger partial charge in [0.05, 0.1) is 16.3 Å². The van der Waals surface area contributed by atoms with Crippen molar-refractivity contribution in [3.8, 4) is 0 Å². The van der Waals surface area contributed by atoms with Crippen molar-refractivity contribution in [1.29, 1.82) is 0 Å². The first-order chi connectivity index (χ1) is 11.4. The molecule has 2 aromatic carbocycles. The van der Waals surface area contributed by atoms with E-state index in [2.05, 4.69) is 15.3 Å². The fraction of sp³-hybridized carbons (Fsp3) is 0.125. The van der Waals surface area contributed by atoms with Crippen LogP contribution in [-0.2, 0) is 4.79 Å². The Morgan fingerprint density at radius 3 is 2.54 bits per heavy atom. The molecule has 0 saturated carbocycles. The molecule has 1 unspecified atom stereocenters. The van der Waals surface area contributed by atoms with Gasteiger partial charge in [-0.25, -0.2) is 4.98 Å². The number of imidazole rings is 1. The van der Waals surface area contributed by atoms with Crippen molar-refractivity contribution < 1.29 is 4.79 Å². The zero-order valence-electron chi connectivity index (χ0n) is 12.4. The van der Waals surface area contributed by atoms with Crippen molar-refractivity contribution in [3.05, 3.63) is 51.5 Å². The fourth-order valence-corrected chi connectivity index (χ4v) is 3.62. The van der Waals surface area contributed by atoms with Gasteiger partial charge in [-0.2, -0.15) is 0 Å². The number of amides is 1. The van der Waals surface area contributed by atoms with E-state index in [0.717, 1.165) is 11.0 Å². The fourth-order valence-electron chi connectivity index (χ4n) is 2.11. The highest BCUT2D eigenvalue weighted by Gasteiger charge is 2.17. The Labute approximate surface area is 157 Å². The molecule has 24 heavy (non-hydrogen) atoms. The van der Waals surface area contributed by atoms with Gasteiger partial charge in [0, 0.05) is 20.8 Å². The number of H-pyrrole nitrogens is 1. The van der Waals surface area contributed by atoms with Crippen LogP contribution in [0.15, 0.2) is 41.6 Å². The van der Waals surface area contributed by atoms with Crippen LogP contribution in [0.2, 0.25) is 15.1 Å². The lowest BCUT2D eigenvalue weighted by atomic mass is 10.3. The summed E-state index contributed by atoms with van der Waals surface area (Å²) in [5, 5.41) is 4.65. The van der Waals surface area contributed by atoms with Crippen LogP contribution < -0.4 is 5.32 Å². The molecule has 0 bridgehead atoms. The van der Waals surface area contributed by atoms with Gasteiger partial charge in [0.2, 0.25) is 5.91 Å². The summed E-state index contributed by atoms with van der Waals surface area (Å²) in [6.45, 7) is 1.80. The van der Waals surface area contributed by atoms with Gasteiger partial charge >= 0.3 is 0 Å². The molecule has 4 nitrogen and oxygen atoms in total. The highest BCUT2D eigenvalue weighted by Crippen LogP contribution is 2.27. The number of hydrogen-bond donors (Lipinski definition) is 2. The number of nitrogens with one attached hydrogen (secondary N) is 2. The van der Waals surface area contributed by atoms with Crippen LogP contribution in [0.3, 0.4) is 0 Å². The van der Waals surface area contributed by atoms with Crippen molar-refractivity contribution in [3.63, 3.8) is 0 Å². The number of anilines is 1. The Morgan fingerprint density at radius 2 is 1.83 bits per heavy atom. The minimum Gasteiger partial charge on any atom is -0.333 e. The number of nitrogens with zero attached hydrogens (tertiary/aromatic N) is 1. The third-order valence-electron chi connectivity index (χ3n) is 3.21. The minimum atomic E-state index is -0.362. The van der Waals surface area contributed by atoms with E-state index >= 15 is 0 Å². The van der Waals surface area contributed by atoms with Gasteiger partial charge in [0.1, 0.15) is 0 Å². The summed E-state index contributed by atoms with van der Waals surface area (Å²) < 4.78 is 0. The largest absolute Gasteiger partial charge is 0.333 e. The average Bonchev–Trinajstić information content (AvgIpc) is 2.87. The summed E-state index contributed by atoms with van der Waals surface area (Å²) in [5.74, 6) is -0.170. The SMILES string of the molecule is CC(Sc1nc2ccc(Cl)cc2[nH]1)C(=O)Nc1cc(Cl)cc(Cl)c1. The summed E-state index contributed by atoms with van der Waals surface area (Å²) in [7, 11) is 0. The molecule has 0 radical (unpaired) electrons. The molecule has 0 spiro atoms. The molecule has 124 valence electrons. The molecule has 1 heterocycles. The van der Waals surface area contributed by atoms with E-state index in [0.29, 0.717) is 25.9 Å². The van der Waals surface area contributed by atoms with E-state index in [1.807, 2.05) is 6.07 Å². The van der Waals surface area contributed by atoms with E-state index in [1.165, 1.54) is 11.8 Å². The zero-order valence-corrected chi connectivity index (χ0v) is 15.5. The molecule has 1 aromatic heterocycles. The second kappa shape index (κ2) is 7.23. The summed E-state index contributed by atoms with van der Waals surface area (Å²) >= 11 is 19.2. The van der Waals surface area contributed by atoms with E-state index in [1.54, 1.807) is 37.3 Å². The van der Waals surface area contributed by atoms with Gasteiger partial charge in [0.25, 0.3) is 0 Å². The number of thioether (sulfide) groups is 1. The molecular formula is C16H12Cl3N3OS. The standard InChI is InChI=1S/C16H12Cl3N3OS/c1-8(15(23)20-12-5-10(18)4-11(19)6-12)24-16-21-13-3-2-9(17)7-14(13)22-16/h2-8H,1H3,(H,20,23)(H,21,22). The minimum absolute atomic E-state index is 0.170. The maximum Gasteiger partial charge on any atom is 0.237 e. The molecule has 8 heteroatoms. The Kier molecular flexibility index (Phi) is 5.25. The maximum atomic E-state index is 12.3. The first-order valence-electron chi connectivity index (χ1n) is 6.99. The number of halogens is 3. The van der Waals surface area contributed by atoms with Gasteiger partial charge in [-0.1, -0.05) is 46.6 Å². The molecule has 1 atom stereocenters. The smallest absolute Gasteiger partial charge is 0.237 e. The van der Waals surface area contributed by atoms with Gasteiger partial charge in [0.15, 0.2) is 5.16 Å². The third-order valence-corrected chi connectivity index (χ3v) is 4.87. The zero-order chi connectivity index (χ0) is 17.3. The number of benzene rings is 2. The molecular weight excluding hydrogens is 389 g/mol. The monoisotopic (exact) mass is 399 g/mol. The second-order valence-electron chi connectivity index (χ2n) is 5.11. The average molecular weight is 401 g/mol. The lowest BCUT2D eigenvalue weighted by Gasteiger charge is -2.11. The van der Waals surface area contributed by atoms with Crippen LogP contribution in [0.25, 0.3) is 11.0 Å². The number of aromatic amines is 1. The first kappa shape index (κ1) is 17.4. The van der Waals surface area contributed by atoms with E-state index in [9.17, 15) is 4.79 Å². The first-order valence-corrected chi connectivity index (χ1v) is 9.01. The molecule has 3 aromatic rings. The molecule has 0 aliphatic carbocycles. The van der Waals surface area contributed by atoms with Crippen LogP contribution in [0.4, 0.5) is 5.69 Å². The van der Waals surface area contributed by atoms with Gasteiger partial charge in [-0.3, -0.25) is 4.79 Å². The highest BCUT2D eigenvalue weighted by molar-refractivity contribution is 8.00. The summed E-state index contributed by atoms with van der Waals surface area (Å²) in [5.41, 5.74) is 2.19. The van der Waals surface area contributed by atoms with Gasteiger partial charge in [-0.05, 0) is 43.3 Å². The maximum absolute atomic E-state index is 12.3. The summed E-state index contributed by atoms with van der Waals surface area (Å²) in [6.07, 6.45) is 0. The predicted molar refractivity (Wildman–Crippen MR) is 102 cm³/mol. The lowest BCUT2D eigenvalue weighted by molar-refractivity contribution is -0.115. The van der Waals surface area contributed by atoms with Gasteiger partial charge in [-0.15, -0.1) is 0 Å². The van der Waals surface area contributed by atoms with Crippen molar-refractivity contribution in [1.82, 2.24) is 9.97 Å². The van der Waals surface area contributed by atoms with Crippen LogP contribution in [0.5, 0.6) is 0 Å². The van der Waals surface area contributed by atoms with Crippen LogP contribution in [0.1, 0.15) is 6.92 Å². The molecule has 2 N–H and O–H groups in total. The lowest BCUT2D eigenvalue weighted by Crippen LogP contribution is -2.22. The Morgan fingerprint density at radius 1 is 1.12 bits per heavy atom. The van der Waals surface area contributed by atoms with Crippen LogP contribution in [0, 0.1) is 0 Å². The Hall–Kier alpha value is -1.40. The number of hydrogen-bond acceptors (Lipinski definition) is 3. The third kappa shape index (κ3) is 4.16. The predicted octanol–water partition coefficient (Wildman–Crippen LogP) is 5.64. The quantitative estimate of drug-likeness (QED) is 0.557. The van der Waals surface area contributed by atoms with E-state index in [4.69, 9.17) is 34.8 Å². The Balaban J connectivity index is 1.70.